The maximum atomic E-state index is 6.74. The monoisotopic (exact) mass is 771 g/mol. The second-order valence-corrected chi connectivity index (χ2v) is 17.3. The van der Waals surface area contributed by atoms with Crippen LogP contribution in [0, 0.1) is 0 Å². The van der Waals surface area contributed by atoms with Crippen LogP contribution < -0.4 is 4.74 Å². The lowest BCUT2D eigenvalue weighted by molar-refractivity contribution is 0.484. The van der Waals surface area contributed by atoms with Gasteiger partial charge in [-0.2, -0.15) is 0 Å². The molecule has 0 atom stereocenters. The molecule has 0 amide bonds. The smallest absolute Gasteiger partial charge is 0.146 e. The van der Waals surface area contributed by atoms with Crippen molar-refractivity contribution in [1.82, 2.24) is 23.8 Å². The molecule has 6 nitrogen and oxygen atoms in total. The fraction of sp³-hybridized carbons (Fsp3) is 0.226. The number of aromatic nitrogens is 5. The summed E-state index contributed by atoms with van der Waals surface area (Å²) >= 11 is 0. The topological polar surface area (TPSA) is 56.7 Å². The van der Waals surface area contributed by atoms with Crippen molar-refractivity contribution in [2.75, 3.05) is 0 Å². The summed E-state index contributed by atoms with van der Waals surface area (Å²) in [5.74, 6) is 2.97. The summed E-state index contributed by atoms with van der Waals surface area (Å²) in [5.41, 5.74) is 13.7. The van der Waals surface area contributed by atoms with E-state index in [2.05, 4.69) is 180 Å². The quantitative estimate of drug-likeness (QED) is 0.144. The lowest BCUT2D eigenvalue weighted by Gasteiger charge is -2.20. The summed E-state index contributed by atoms with van der Waals surface area (Å²) in [7, 11) is 0. The minimum atomic E-state index is 0.364. The van der Waals surface area contributed by atoms with Crippen LogP contribution in [0.4, 0.5) is 0 Å². The number of rotatable bonds is 8. The summed E-state index contributed by atoms with van der Waals surface area (Å²) in [6, 6.07) is 39.2. The lowest BCUT2D eigenvalue weighted by atomic mass is 9.87. The van der Waals surface area contributed by atoms with Crippen LogP contribution in [-0.2, 0) is 0 Å². The van der Waals surface area contributed by atoms with Gasteiger partial charge in [0.25, 0.3) is 0 Å². The highest BCUT2D eigenvalue weighted by molar-refractivity contribution is 6.13. The number of ether oxygens (including phenoxy) is 1. The van der Waals surface area contributed by atoms with Gasteiger partial charge in [0, 0.05) is 45.1 Å². The van der Waals surface area contributed by atoms with Crippen molar-refractivity contribution >= 4 is 54.8 Å². The van der Waals surface area contributed by atoms with Crippen LogP contribution in [0.3, 0.4) is 0 Å². The van der Waals surface area contributed by atoms with Crippen LogP contribution in [0.15, 0.2) is 128 Å². The third kappa shape index (κ3) is 5.87. The van der Waals surface area contributed by atoms with Gasteiger partial charge in [-0.15, -0.1) is 0 Å². The fourth-order valence-corrected chi connectivity index (χ4v) is 9.36. The van der Waals surface area contributed by atoms with Gasteiger partial charge in [0.05, 0.1) is 23.1 Å². The molecule has 0 aliphatic carbocycles. The summed E-state index contributed by atoms with van der Waals surface area (Å²) in [5, 5.41) is 6.54. The molecule has 0 fully saturated rings. The average Bonchev–Trinajstić information content (AvgIpc) is 3.92. The number of imidazole rings is 2. The predicted molar refractivity (Wildman–Crippen MR) is 246 cm³/mol. The van der Waals surface area contributed by atoms with Gasteiger partial charge in [0.15, 0.2) is 0 Å². The first-order valence-electron chi connectivity index (χ1n) is 21.0. The molecule has 0 saturated carbocycles. The van der Waals surface area contributed by atoms with Crippen LogP contribution in [0.2, 0.25) is 0 Å². The number of pyridine rings is 3. The standard InChI is InChI=1S/C53H49N5O/c1-30(2)36-14-11-15-37(31(3)4)49(36)46-24-23-43-41-22-20-34(27-44(41)51-54-25-26-57(51)53(43)56-46)59-35-19-21-40-42-13-9-10-18-47(42)58-48(29-55-52(58)45(40)28-35)50-38(32(5)6)16-12-17-39(50)33(7)8/h9-33H,1-8H3. The van der Waals surface area contributed by atoms with Gasteiger partial charge in [-0.05, 0) is 111 Å². The number of benzene rings is 5. The number of para-hydroxylation sites is 1. The second kappa shape index (κ2) is 14.1. The average molecular weight is 772 g/mol. The Kier molecular flexibility index (Phi) is 8.78. The Hall–Kier alpha value is -6.53. The Morgan fingerprint density at radius 3 is 1.66 bits per heavy atom. The van der Waals surface area contributed by atoms with Crippen LogP contribution in [0.5, 0.6) is 11.5 Å². The van der Waals surface area contributed by atoms with E-state index < -0.39 is 0 Å². The molecule has 5 aromatic heterocycles. The molecule has 10 rings (SSSR count). The Morgan fingerprint density at radius 2 is 1.03 bits per heavy atom. The zero-order chi connectivity index (χ0) is 40.7. The lowest BCUT2D eigenvalue weighted by Crippen LogP contribution is -2.02. The van der Waals surface area contributed by atoms with E-state index in [4.69, 9.17) is 19.7 Å². The molecule has 0 aliphatic rings. The van der Waals surface area contributed by atoms with Crippen LogP contribution in [-0.4, -0.2) is 23.8 Å². The van der Waals surface area contributed by atoms with Gasteiger partial charge >= 0.3 is 0 Å². The molecule has 10 aromatic rings. The zero-order valence-electron chi connectivity index (χ0n) is 35.1. The SMILES string of the molecule is CC(C)c1cccc(C(C)C)c1-c1ccc2c3ccc(Oc4ccc5c6ccccc6n6c(-c7c(C(C)C)cccc7C(C)C)cnc6c5c4)cc3c3nccn3c2n1. The maximum Gasteiger partial charge on any atom is 0.146 e. The highest BCUT2D eigenvalue weighted by Crippen LogP contribution is 2.42. The first-order valence-corrected chi connectivity index (χ1v) is 21.0. The summed E-state index contributed by atoms with van der Waals surface area (Å²) in [6.45, 7) is 18.1. The normalized spacial score (nSPS) is 12.3. The van der Waals surface area contributed by atoms with Gasteiger partial charge in [-0.3, -0.25) is 8.80 Å². The van der Waals surface area contributed by atoms with Crippen molar-refractivity contribution in [3.05, 3.63) is 150 Å². The van der Waals surface area contributed by atoms with E-state index in [0.29, 0.717) is 23.7 Å². The first kappa shape index (κ1) is 36.8. The maximum absolute atomic E-state index is 6.74. The molecule has 0 radical (unpaired) electrons. The van der Waals surface area contributed by atoms with E-state index in [9.17, 15) is 0 Å². The zero-order valence-corrected chi connectivity index (χ0v) is 35.1. The molecule has 0 aliphatic heterocycles. The van der Waals surface area contributed by atoms with Gasteiger partial charge < -0.3 is 4.74 Å². The summed E-state index contributed by atoms with van der Waals surface area (Å²) in [4.78, 5) is 15.4. The van der Waals surface area contributed by atoms with Gasteiger partial charge in [-0.1, -0.05) is 110 Å². The van der Waals surface area contributed by atoms with Crippen molar-refractivity contribution in [1.29, 1.82) is 0 Å². The number of hydrogen-bond donors (Lipinski definition) is 0. The highest BCUT2D eigenvalue weighted by Gasteiger charge is 2.23. The summed E-state index contributed by atoms with van der Waals surface area (Å²) in [6.07, 6.45) is 5.94. The molecule has 0 saturated heterocycles. The fourth-order valence-electron chi connectivity index (χ4n) is 9.36. The van der Waals surface area contributed by atoms with Crippen molar-refractivity contribution < 1.29 is 4.74 Å². The largest absolute Gasteiger partial charge is 0.457 e. The molecular formula is C53H49N5O. The van der Waals surface area contributed by atoms with E-state index in [0.717, 1.165) is 72.3 Å². The van der Waals surface area contributed by atoms with E-state index in [1.54, 1.807) is 0 Å². The van der Waals surface area contributed by atoms with Crippen LogP contribution in [0.25, 0.3) is 77.3 Å². The number of hydrogen-bond acceptors (Lipinski definition) is 4. The third-order valence-electron chi connectivity index (χ3n) is 12.2. The highest BCUT2D eigenvalue weighted by atomic mass is 16.5. The van der Waals surface area contributed by atoms with Gasteiger partial charge in [0.2, 0.25) is 0 Å². The Labute approximate surface area is 345 Å². The molecule has 5 aromatic carbocycles. The van der Waals surface area contributed by atoms with E-state index in [1.807, 2.05) is 12.4 Å². The molecule has 0 unspecified atom stereocenters. The van der Waals surface area contributed by atoms with Crippen LogP contribution in [0.1, 0.15) is 101 Å². The predicted octanol–water partition coefficient (Wildman–Crippen LogP) is 14.6. The minimum Gasteiger partial charge on any atom is -0.457 e. The third-order valence-corrected chi connectivity index (χ3v) is 12.2. The van der Waals surface area contributed by atoms with Crippen molar-refractivity contribution in [3.8, 4) is 34.0 Å². The van der Waals surface area contributed by atoms with Crippen LogP contribution >= 0.6 is 0 Å². The van der Waals surface area contributed by atoms with Gasteiger partial charge in [-0.25, -0.2) is 15.0 Å². The molecule has 0 bridgehead atoms. The van der Waals surface area contributed by atoms with E-state index in [1.165, 1.54) is 38.8 Å². The Morgan fingerprint density at radius 1 is 0.475 bits per heavy atom. The molecule has 0 N–H and O–H groups in total. The molecule has 292 valence electrons. The van der Waals surface area contributed by atoms with Crippen molar-refractivity contribution in [2.24, 2.45) is 0 Å². The van der Waals surface area contributed by atoms with Crippen molar-refractivity contribution in [3.63, 3.8) is 0 Å². The van der Waals surface area contributed by atoms with Gasteiger partial charge in [0.1, 0.15) is 28.4 Å². The minimum absolute atomic E-state index is 0.364. The molecule has 0 spiro atoms. The molecule has 59 heavy (non-hydrogen) atoms. The Bertz CT molecular complexity index is 3220. The Balaban J connectivity index is 1.10. The van der Waals surface area contributed by atoms with E-state index >= 15 is 0 Å². The number of fused-ring (bicyclic) bond motifs is 12. The molecule has 5 heterocycles. The number of nitrogens with zero attached hydrogens (tertiary/aromatic N) is 5. The second-order valence-electron chi connectivity index (χ2n) is 17.3. The molecular weight excluding hydrogens is 723 g/mol. The first-order chi connectivity index (χ1) is 28.6. The van der Waals surface area contributed by atoms with Crippen molar-refractivity contribution in [2.45, 2.75) is 79.1 Å². The summed E-state index contributed by atoms with van der Waals surface area (Å²) < 4.78 is 11.2. The van der Waals surface area contributed by atoms with E-state index in [-0.39, 0.29) is 0 Å². The molecule has 6 heteroatoms.